The molecule has 0 N–H and O–H groups in total. The molecule has 2 aromatic carbocycles. The van der Waals surface area contributed by atoms with E-state index in [0.29, 0.717) is 11.7 Å². The van der Waals surface area contributed by atoms with Crippen LogP contribution in [0.15, 0.2) is 59.1 Å². The lowest BCUT2D eigenvalue weighted by atomic mass is 10.1. The first-order valence-corrected chi connectivity index (χ1v) is 10.4. The molecule has 5 rings (SSSR count). The van der Waals surface area contributed by atoms with Gasteiger partial charge in [0.15, 0.2) is 0 Å². The van der Waals surface area contributed by atoms with Crippen LogP contribution in [0.5, 0.6) is 11.5 Å². The van der Waals surface area contributed by atoms with Gasteiger partial charge in [0, 0.05) is 24.0 Å². The Balaban J connectivity index is 1.26. The van der Waals surface area contributed by atoms with Gasteiger partial charge in [0.05, 0.1) is 31.3 Å². The van der Waals surface area contributed by atoms with Crippen molar-refractivity contribution in [3.63, 3.8) is 0 Å². The molecular weight excluding hydrogens is 392 g/mol. The molecule has 31 heavy (non-hydrogen) atoms. The highest BCUT2D eigenvalue weighted by atomic mass is 16.5. The molecule has 2 aromatic heterocycles. The van der Waals surface area contributed by atoms with Gasteiger partial charge in [0.25, 0.3) is 0 Å². The molecule has 1 aliphatic rings. The van der Waals surface area contributed by atoms with Crippen LogP contribution in [-0.2, 0) is 6.54 Å². The number of fused-ring (bicyclic) bond motifs is 1. The van der Waals surface area contributed by atoms with Crippen molar-refractivity contribution in [2.75, 3.05) is 27.3 Å². The lowest BCUT2D eigenvalue weighted by Crippen LogP contribution is -2.20. The zero-order valence-corrected chi connectivity index (χ0v) is 17.6. The average molecular weight is 416 g/mol. The molecule has 4 aromatic rings. The van der Waals surface area contributed by atoms with Crippen LogP contribution in [0.2, 0.25) is 0 Å². The molecule has 1 atom stereocenters. The van der Waals surface area contributed by atoms with Crippen LogP contribution in [0.4, 0.5) is 0 Å². The van der Waals surface area contributed by atoms with Crippen LogP contribution < -0.4 is 9.47 Å². The van der Waals surface area contributed by atoms with Crippen molar-refractivity contribution in [3.05, 3.63) is 66.2 Å². The number of pyridine rings is 1. The van der Waals surface area contributed by atoms with Gasteiger partial charge in [-0.15, -0.1) is 0 Å². The maximum atomic E-state index is 5.60. The van der Waals surface area contributed by atoms with Gasteiger partial charge in [-0.25, -0.2) is 0 Å². The molecule has 0 amide bonds. The van der Waals surface area contributed by atoms with Gasteiger partial charge in [-0.3, -0.25) is 9.88 Å². The second-order valence-corrected chi connectivity index (χ2v) is 7.77. The molecule has 158 valence electrons. The van der Waals surface area contributed by atoms with E-state index < -0.39 is 0 Å². The number of aromatic nitrogens is 3. The summed E-state index contributed by atoms with van der Waals surface area (Å²) in [5.41, 5.74) is 2.93. The van der Waals surface area contributed by atoms with Crippen molar-refractivity contribution >= 4 is 10.9 Å². The number of hydrogen-bond acceptors (Lipinski definition) is 7. The minimum Gasteiger partial charge on any atom is -0.497 e. The highest BCUT2D eigenvalue weighted by Crippen LogP contribution is 2.29. The van der Waals surface area contributed by atoms with Crippen molar-refractivity contribution in [2.24, 2.45) is 0 Å². The van der Waals surface area contributed by atoms with E-state index in [1.54, 1.807) is 14.2 Å². The van der Waals surface area contributed by atoms with Crippen LogP contribution in [0, 0.1) is 0 Å². The van der Waals surface area contributed by atoms with Gasteiger partial charge in [-0.1, -0.05) is 23.4 Å². The summed E-state index contributed by atoms with van der Waals surface area (Å²) in [5.74, 6) is 3.14. The molecule has 0 unspecified atom stereocenters. The highest BCUT2D eigenvalue weighted by Gasteiger charge is 2.28. The topological polar surface area (TPSA) is 73.5 Å². The smallest absolute Gasteiger partial charge is 0.231 e. The van der Waals surface area contributed by atoms with Crippen LogP contribution in [-0.4, -0.2) is 47.3 Å². The summed E-state index contributed by atoms with van der Waals surface area (Å²) in [5, 5.41) is 5.26. The predicted octanol–water partition coefficient (Wildman–Crippen LogP) is 4.29. The first-order valence-electron chi connectivity index (χ1n) is 10.4. The Morgan fingerprint density at radius 1 is 1.00 bits per heavy atom. The summed E-state index contributed by atoms with van der Waals surface area (Å²) in [7, 11) is 3.32. The van der Waals surface area contributed by atoms with E-state index in [2.05, 4.69) is 27.2 Å². The van der Waals surface area contributed by atoms with Crippen molar-refractivity contribution in [2.45, 2.75) is 18.9 Å². The fraction of sp³-hybridized carbons (Fsp3) is 0.292. The Bertz CT molecular complexity index is 1210. The van der Waals surface area contributed by atoms with Crippen LogP contribution in [0.1, 0.15) is 23.9 Å². The van der Waals surface area contributed by atoms with Crippen LogP contribution in [0.3, 0.4) is 0 Å². The second-order valence-electron chi connectivity index (χ2n) is 7.77. The van der Waals surface area contributed by atoms with Gasteiger partial charge in [-0.2, -0.15) is 4.98 Å². The molecule has 3 heterocycles. The number of hydrogen-bond donors (Lipinski definition) is 0. The largest absolute Gasteiger partial charge is 0.497 e. The van der Waals surface area contributed by atoms with Crippen LogP contribution in [0.25, 0.3) is 22.3 Å². The first-order chi connectivity index (χ1) is 15.2. The summed E-state index contributed by atoms with van der Waals surface area (Å²) >= 11 is 0. The normalized spacial score (nSPS) is 16.6. The molecule has 0 aliphatic carbocycles. The Labute approximate surface area is 180 Å². The van der Waals surface area contributed by atoms with E-state index >= 15 is 0 Å². The molecule has 0 spiro atoms. The van der Waals surface area contributed by atoms with Crippen molar-refractivity contribution in [1.29, 1.82) is 0 Å². The monoisotopic (exact) mass is 416 g/mol. The fourth-order valence-electron chi connectivity index (χ4n) is 4.05. The predicted molar refractivity (Wildman–Crippen MR) is 117 cm³/mol. The molecule has 1 aliphatic heterocycles. The molecule has 1 fully saturated rings. The lowest BCUT2D eigenvalue weighted by molar-refractivity contribution is 0.306. The third-order valence-electron chi connectivity index (χ3n) is 5.73. The molecule has 7 nitrogen and oxygen atoms in total. The quantitative estimate of drug-likeness (QED) is 0.464. The molecular formula is C24H24N4O3. The standard InChI is InChI=1S/C24H24N4O3/c1-29-20-5-3-4-17(13-20)23-26-24(31-27-23)18-10-11-28(14-18)15-19-7-6-16-12-21(30-2)8-9-22(16)25-19/h3-9,12-13,18H,10-11,14-15H2,1-2H3/t18-/m1/s1. The third-order valence-corrected chi connectivity index (χ3v) is 5.73. The Kier molecular flexibility index (Phi) is 5.26. The minimum absolute atomic E-state index is 0.233. The zero-order valence-electron chi connectivity index (χ0n) is 17.6. The summed E-state index contributed by atoms with van der Waals surface area (Å²) < 4.78 is 16.2. The molecule has 7 heteroatoms. The highest BCUT2D eigenvalue weighted by molar-refractivity contribution is 5.80. The lowest BCUT2D eigenvalue weighted by Gasteiger charge is -2.15. The number of ether oxygens (including phenoxy) is 2. The molecule has 0 saturated carbocycles. The second kappa shape index (κ2) is 8.35. The van der Waals surface area contributed by atoms with E-state index in [9.17, 15) is 0 Å². The van der Waals surface area contributed by atoms with Gasteiger partial charge in [0.2, 0.25) is 11.7 Å². The summed E-state index contributed by atoms with van der Waals surface area (Å²) in [4.78, 5) is 11.8. The van der Waals surface area contributed by atoms with Crippen LogP contribution >= 0.6 is 0 Å². The van der Waals surface area contributed by atoms with Gasteiger partial charge < -0.3 is 14.0 Å². The number of methoxy groups -OCH3 is 2. The summed E-state index contributed by atoms with van der Waals surface area (Å²) in [6.07, 6.45) is 0.991. The first kappa shape index (κ1) is 19.5. The van der Waals surface area contributed by atoms with E-state index in [4.69, 9.17) is 19.0 Å². The SMILES string of the molecule is COc1cccc(-c2noc([C@@H]3CCN(Cc4ccc5cc(OC)ccc5n4)C3)n2)c1. The summed E-state index contributed by atoms with van der Waals surface area (Å²) in [6, 6.07) is 17.8. The van der Waals surface area contributed by atoms with E-state index in [1.165, 1.54) is 0 Å². The van der Waals surface area contributed by atoms with E-state index in [1.807, 2.05) is 42.5 Å². The maximum Gasteiger partial charge on any atom is 0.231 e. The average Bonchev–Trinajstić information content (AvgIpc) is 3.48. The van der Waals surface area contributed by atoms with Crippen molar-refractivity contribution < 1.29 is 14.0 Å². The third kappa shape index (κ3) is 4.09. The maximum absolute atomic E-state index is 5.60. The number of nitrogens with zero attached hydrogens (tertiary/aromatic N) is 4. The number of benzene rings is 2. The fourth-order valence-corrected chi connectivity index (χ4v) is 4.05. The Morgan fingerprint density at radius 3 is 2.74 bits per heavy atom. The van der Waals surface area contributed by atoms with E-state index in [0.717, 1.165) is 59.7 Å². The van der Waals surface area contributed by atoms with Gasteiger partial charge >= 0.3 is 0 Å². The van der Waals surface area contributed by atoms with E-state index in [-0.39, 0.29) is 5.92 Å². The van der Waals surface area contributed by atoms with Gasteiger partial charge in [0.1, 0.15) is 11.5 Å². The Morgan fingerprint density at radius 2 is 1.87 bits per heavy atom. The molecule has 0 bridgehead atoms. The van der Waals surface area contributed by atoms with Crippen molar-refractivity contribution in [1.82, 2.24) is 20.0 Å². The van der Waals surface area contributed by atoms with Crippen molar-refractivity contribution in [3.8, 4) is 22.9 Å². The minimum atomic E-state index is 0.233. The Hall–Kier alpha value is -3.45. The zero-order chi connectivity index (χ0) is 21.2. The number of likely N-dealkylation sites (tertiary alicyclic amines) is 1. The number of rotatable bonds is 6. The molecule has 1 saturated heterocycles. The summed E-state index contributed by atoms with van der Waals surface area (Å²) in [6.45, 7) is 2.65. The molecule has 0 radical (unpaired) electrons. The van der Waals surface area contributed by atoms with Gasteiger partial charge in [-0.05, 0) is 49.4 Å².